The summed E-state index contributed by atoms with van der Waals surface area (Å²) in [5.74, 6) is 0.557. The van der Waals surface area contributed by atoms with Gasteiger partial charge in [-0.25, -0.2) is 0 Å². The standard InChI is InChI=1S/C16H10Cl2N2O2S/c17-12-5-1-10(2-6-12)15(21)11-3-7-13(8-4-11)22-9-14-16(18)23-20-19-14/h1-8H,9H2. The van der Waals surface area contributed by atoms with Crippen LogP contribution in [0.2, 0.25) is 9.36 Å². The minimum absolute atomic E-state index is 0.0695. The molecule has 0 saturated carbocycles. The minimum atomic E-state index is -0.0695. The second-order valence-electron chi connectivity index (χ2n) is 4.64. The highest BCUT2D eigenvalue weighted by atomic mass is 35.5. The van der Waals surface area contributed by atoms with Crippen LogP contribution in [-0.2, 0) is 6.61 Å². The van der Waals surface area contributed by atoms with Crippen LogP contribution in [0.25, 0.3) is 0 Å². The number of rotatable bonds is 5. The number of hydrogen-bond donors (Lipinski definition) is 0. The molecule has 2 aromatic carbocycles. The third-order valence-electron chi connectivity index (χ3n) is 3.11. The summed E-state index contributed by atoms with van der Waals surface area (Å²) in [5.41, 5.74) is 1.76. The molecule has 4 nitrogen and oxygen atoms in total. The van der Waals surface area contributed by atoms with Gasteiger partial charge in [0.2, 0.25) is 0 Å². The van der Waals surface area contributed by atoms with E-state index in [1.54, 1.807) is 48.5 Å². The highest BCUT2D eigenvalue weighted by Gasteiger charge is 2.10. The quantitative estimate of drug-likeness (QED) is 0.618. The number of hydrogen-bond acceptors (Lipinski definition) is 5. The van der Waals surface area contributed by atoms with Gasteiger partial charge in [-0.15, -0.1) is 5.10 Å². The maximum absolute atomic E-state index is 12.3. The molecule has 7 heteroatoms. The third kappa shape index (κ3) is 3.88. The number of carbonyl (C=O) groups is 1. The first-order valence-electron chi connectivity index (χ1n) is 6.63. The smallest absolute Gasteiger partial charge is 0.193 e. The Morgan fingerprint density at radius 2 is 1.61 bits per heavy atom. The van der Waals surface area contributed by atoms with Crippen LogP contribution >= 0.6 is 34.7 Å². The first kappa shape index (κ1) is 15.9. The monoisotopic (exact) mass is 364 g/mol. The Kier molecular flexibility index (Phi) is 4.91. The first-order valence-corrected chi connectivity index (χ1v) is 8.16. The molecule has 0 atom stereocenters. The lowest BCUT2D eigenvalue weighted by Crippen LogP contribution is -2.01. The van der Waals surface area contributed by atoms with Crippen molar-refractivity contribution in [1.29, 1.82) is 0 Å². The van der Waals surface area contributed by atoms with Crippen molar-refractivity contribution in [3.05, 3.63) is 74.7 Å². The van der Waals surface area contributed by atoms with E-state index in [0.717, 1.165) is 11.5 Å². The molecule has 3 aromatic rings. The van der Waals surface area contributed by atoms with Gasteiger partial charge in [0.1, 0.15) is 22.4 Å². The summed E-state index contributed by atoms with van der Waals surface area (Å²) in [5, 5.41) is 4.47. The zero-order chi connectivity index (χ0) is 16.2. The number of carbonyl (C=O) groups excluding carboxylic acids is 1. The fourth-order valence-corrected chi connectivity index (χ4v) is 2.63. The van der Waals surface area contributed by atoms with Gasteiger partial charge in [0.25, 0.3) is 0 Å². The average Bonchev–Trinajstić information content (AvgIpc) is 2.99. The summed E-state index contributed by atoms with van der Waals surface area (Å²) in [6.07, 6.45) is 0. The second kappa shape index (κ2) is 7.08. The van der Waals surface area contributed by atoms with Crippen molar-refractivity contribution in [3.63, 3.8) is 0 Å². The fraction of sp³-hybridized carbons (Fsp3) is 0.0625. The maximum atomic E-state index is 12.3. The van der Waals surface area contributed by atoms with E-state index < -0.39 is 0 Å². The van der Waals surface area contributed by atoms with E-state index in [9.17, 15) is 4.79 Å². The van der Waals surface area contributed by atoms with Gasteiger partial charge in [-0.05, 0) is 48.5 Å². The molecule has 0 bridgehead atoms. The minimum Gasteiger partial charge on any atom is -0.487 e. The Bertz CT molecular complexity index is 817. The Labute approximate surface area is 146 Å². The molecule has 0 aliphatic rings. The van der Waals surface area contributed by atoms with Gasteiger partial charge in [-0.1, -0.05) is 27.7 Å². The van der Waals surface area contributed by atoms with Gasteiger partial charge >= 0.3 is 0 Å². The highest BCUT2D eigenvalue weighted by Crippen LogP contribution is 2.21. The SMILES string of the molecule is O=C(c1ccc(Cl)cc1)c1ccc(OCc2nnsc2Cl)cc1. The Hall–Kier alpha value is -1.95. The van der Waals surface area contributed by atoms with Gasteiger partial charge in [-0.3, -0.25) is 4.79 Å². The molecule has 0 radical (unpaired) electrons. The highest BCUT2D eigenvalue weighted by molar-refractivity contribution is 7.10. The molecular weight excluding hydrogens is 355 g/mol. The normalized spacial score (nSPS) is 10.5. The molecule has 0 saturated heterocycles. The van der Waals surface area contributed by atoms with Gasteiger partial charge < -0.3 is 4.74 Å². The molecule has 0 N–H and O–H groups in total. The van der Waals surface area contributed by atoms with Gasteiger partial charge in [0.05, 0.1) is 0 Å². The van der Waals surface area contributed by atoms with Crippen molar-refractivity contribution in [1.82, 2.24) is 9.59 Å². The summed E-state index contributed by atoms with van der Waals surface area (Å²) in [6, 6.07) is 13.7. The fourth-order valence-electron chi connectivity index (χ4n) is 1.91. The lowest BCUT2D eigenvalue weighted by Gasteiger charge is -2.06. The number of benzene rings is 2. The lowest BCUT2D eigenvalue weighted by molar-refractivity contribution is 0.103. The van der Waals surface area contributed by atoms with Crippen molar-refractivity contribution >= 4 is 40.5 Å². The lowest BCUT2D eigenvalue weighted by atomic mass is 10.0. The summed E-state index contributed by atoms with van der Waals surface area (Å²) >= 11 is 12.9. The molecule has 1 heterocycles. The molecule has 23 heavy (non-hydrogen) atoms. The van der Waals surface area contributed by atoms with E-state index in [0.29, 0.717) is 31.9 Å². The molecule has 0 spiro atoms. The molecule has 1 aromatic heterocycles. The van der Waals surface area contributed by atoms with E-state index in [1.165, 1.54) is 0 Å². The van der Waals surface area contributed by atoms with Crippen LogP contribution in [-0.4, -0.2) is 15.4 Å². The number of halogens is 2. The molecule has 0 aliphatic carbocycles. The summed E-state index contributed by atoms with van der Waals surface area (Å²) < 4.78 is 9.83. The van der Waals surface area contributed by atoms with Crippen LogP contribution < -0.4 is 4.74 Å². The number of nitrogens with zero attached hydrogens (tertiary/aromatic N) is 2. The number of ketones is 1. The Morgan fingerprint density at radius 3 is 2.17 bits per heavy atom. The van der Waals surface area contributed by atoms with Crippen LogP contribution in [0.1, 0.15) is 21.6 Å². The molecule has 0 aliphatic heterocycles. The summed E-state index contributed by atoms with van der Waals surface area (Å²) in [4.78, 5) is 12.3. The van der Waals surface area contributed by atoms with Gasteiger partial charge in [0.15, 0.2) is 5.78 Å². The summed E-state index contributed by atoms with van der Waals surface area (Å²) in [6.45, 7) is 0.236. The van der Waals surface area contributed by atoms with E-state index in [-0.39, 0.29) is 12.4 Å². The Morgan fingerprint density at radius 1 is 1.00 bits per heavy atom. The van der Waals surface area contributed by atoms with Gasteiger partial charge in [0, 0.05) is 27.7 Å². The third-order valence-corrected chi connectivity index (χ3v) is 4.34. The average molecular weight is 365 g/mol. The van der Waals surface area contributed by atoms with Crippen molar-refractivity contribution in [2.75, 3.05) is 0 Å². The zero-order valence-corrected chi connectivity index (χ0v) is 14.0. The van der Waals surface area contributed by atoms with Crippen molar-refractivity contribution in [2.24, 2.45) is 0 Å². The zero-order valence-electron chi connectivity index (χ0n) is 11.7. The topological polar surface area (TPSA) is 52.1 Å². The van der Waals surface area contributed by atoms with Crippen molar-refractivity contribution < 1.29 is 9.53 Å². The molecule has 0 amide bonds. The van der Waals surface area contributed by atoms with Crippen LogP contribution in [0.15, 0.2) is 48.5 Å². The largest absolute Gasteiger partial charge is 0.487 e. The molecule has 116 valence electrons. The van der Waals surface area contributed by atoms with Crippen LogP contribution in [0.3, 0.4) is 0 Å². The predicted octanol–water partition coefficient (Wildman–Crippen LogP) is 4.65. The van der Waals surface area contributed by atoms with E-state index in [1.807, 2.05) is 0 Å². The molecular formula is C16H10Cl2N2O2S. The van der Waals surface area contributed by atoms with E-state index >= 15 is 0 Å². The summed E-state index contributed by atoms with van der Waals surface area (Å²) in [7, 11) is 0. The van der Waals surface area contributed by atoms with E-state index in [4.69, 9.17) is 27.9 Å². The predicted molar refractivity (Wildman–Crippen MR) is 90.6 cm³/mol. The molecule has 0 fully saturated rings. The maximum Gasteiger partial charge on any atom is 0.193 e. The number of aromatic nitrogens is 2. The van der Waals surface area contributed by atoms with E-state index in [2.05, 4.69) is 9.59 Å². The molecule has 0 unspecified atom stereocenters. The van der Waals surface area contributed by atoms with Crippen molar-refractivity contribution in [3.8, 4) is 5.75 Å². The van der Waals surface area contributed by atoms with Gasteiger partial charge in [-0.2, -0.15) is 0 Å². The Balaban J connectivity index is 1.68. The van der Waals surface area contributed by atoms with Crippen LogP contribution in [0, 0.1) is 0 Å². The van der Waals surface area contributed by atoms with Crippen LogP contribution in [0.5, 0.6) is 5.75 Å². The first-order chi connectivity index (χ1) is 11.1. The van der Waals surface area contributed by atoms with Crippen LogP contribution in [0.4, 0.5) is 0 Å². The molecule has 3 rings (SSSR count). The number of ether oxygens (including phenoxy) is 1. The van der Waals surface area contributed by atoms with Crippen molar-refractivity contribution in [2.45, 2.75) is 6.61 Å². The second-order valence-corrected chi connectivity index (χ2v) is 6.44.